The van der Waals surface area contributed by atoms with Crippen molar-refractivity contribution >= 4 is 33.4 Å². The van der Waals surface area contributed by atoms with Crippen LogP contribution in [0.2, 0.25) is 0 Å². The zero-order valence-corrected chi connectivity index (χ0v) is 11.5. The summed E-state index contributed by atoms with van der Waals surface area (Å²) in [5.74, 6) is -0.418. The molecule has 98 valence electrons. The number of hydrogen-bond acceptors (Lipinski definition) is 4. The average molecular weight is 323 g/mol. The molecular weight excluding hydrogens is 312 g/mol. The number of carbonyl (C=O) groups excluding carboxylic acids is 2. The molecule has 1 atom stereocenters. The molecule has 0 radical (unpaired) electrons. The lowest BCUT2D eigenvalue weighted by molar-refractivity contribution is -0.124. The van der Waals surface area contributed by atoms with Crippen LogP contribution in [0.1, 0.15) is 5.56 Å². The van der Waals surface area contributed by atoms with E-state index in [0.717, 1.165) is 4.47 Å². The molecule has 0 spiro atoms. The zero-order chi connectivity index (χ0) is 13.8. The highest BCUT2D eigenvalue weighted by atomic mass is 79.9. The van der Waals surface area contributed by atoms with Gasteiger partial charge in [-0.3, -0.25) is 14.9 Å². The third-order valence-electron chi connectivity index (χ3n) is 2.69. The van der Waals surface area contributed by atoms with E-state index in [4.69, 9.17) is 5.26 Å². The fraction of sp³-hybridized carbons (Fsp3) is 0.250. The number of benzene rings is 1. The van der Waals surface area contributed by atoms with Crippen molar-refractivity contribution in [3.05, 3.63) is 28.2 Å². The number of anilines is 1. The molecule has 6 nitrogen and oxygen atoms in total. The van der Waals surface area contributed by atoms with E-state index in [1.165, 1.54) is 0 Å². The van der Waals surface area contributed by atoms with Gasteiger partial charge in [0.05, 0.1) is 17.8 Å². The molecule has 1 aromatic rings. The van der Waals surface area contributed by atoms with Crippen LogP contribution in [0.4, 0.5) is 5.69 Å². The fourth-order valence-corrected chi connectivity index (χ4v) is 2.05. The summed E-state index contributed by atoms with van der Waals surface area (Å²) < 4.78 is 0.770. The number of amides is 2. The van der Waals surface area contributed by atoms with Crippen molar-refractivity contribution in [3.8, 4) is 6.07 Å². The van der Waals surface area contributed by atoms with Gasteiger partial charge in [-0.05, 0) is 18.2 Å². The molecule has 1 aliphatic rings. The third-order valence-corrected chi connectivity index (χ3v) is 3.18. The Morgan fingerprint density at radius 3 is 2.95 bits per heavy atom. The van der Waals surface area contributed by atoms with Gasteiger partial charge in [0.15, 0.2) is 0 Å². The van der Waals surface area contributed by atoms with Crippen molar-refractivity contribution in [2.45, 2.75) is 6.04 Å². The number of piperazine rings is 1. The highest BCUT2D eigenvalue weighted by Crippen LogP contribution is 2.21. The van der Waals surface area contributed by atoms with Gasteiger partial charge in [-0.25, -0.2) is 0 Å². The number of hydrogen-bond donors (Lipinski definition) is 3. The SMILES string of the molecule is N#Cc1ccc(Br)cc1NC(=O)C1CNC(=O)CN1. The predicted octanol–water partition coefficient (Wildman–Crippen LogP) is 0.347. The maximum absolute atomic E-state index is 12.0. The molecule has 2 amide bonds. The van der Waals surface area contributed by atoms with Crippen molar-refractivity contribution in [2.75, 3.05) is 18.4 Å². The summed E-state index contributed by atoms with van der Waals surface area (Å²) in [6.45, 7) is 0.349. The van der Waals surface area contributed by atoms with Crippen LogP contribution in [0, 0.1) is 11.3 Å². The van der Waals surface area contributed by atoms with Crippen LogP contribution >= 0.6 is 15.9 Å². The summed E-state index contributed by atoms with van der Waals surface area (Å²) in [6, 6.07) is 6.53. The van der Waals surface area contributed by atoms with Crippen LogP contribution in [-0.2, 0) is 9.59 Å². The molecule has 1 fully saturated rings. The molecule has 1 saturated heterocycles. The molecule has 7 heteroatoms. The summed E-state index contributed by atoms with van der Waals surface area (Å²) in [7, 11) is 0. The quantitative estimate of drug-likeness (QED) is 0.732. The molecule has 19 heavy (non-hydrogen) atoms. The molecule has 0 aromatic heterocycles. The van der Waals surface area contributed by atoms with Crippen LogP contribution in [0.3, 0.4) is 0 Å². The standard InChI is InChI=1S/C12H11BrN4O2/c13-8-2-1-7(4-14)9(3-8)17-12(19)10-5-16-11(18)6-15-10/h1-3,10,15H,5-6H2,(H,16,18)(H,17,19). The van der Waals surface area contributed by atoms with E-state index in [-0.39, 0.29) is 24.9 Å². The first-order valence-electron chi connectivity index (χ1n) is 5.61. The molecule has 3 N–H and O–H groups in total. The number of nitrogens with one attached hydrogen (secondary N) is 3. The second-order valence-electron chi connectivity index (χ2n) is 4.03. The fourth-order valence-electron chi connectivity index (χ4n) is 1.69. The lowest BCUT2D eigenvalue weighted by atomic mass is 10.1. The van der Waals surface area contributed by atoms with Crippen LogP contribution in [0.25, 0.3) is 0 Å². The van der Waals surface area contributed by atoms with Gasteiger partial charge < -0.3 is 10.6 Å². The largest absolute Gasteiger partial charge is 0.353 e. The minimum absolute atomic E-state index is 0.113. The van der Waals surface area contributed by atoms with E-state index in [2.05, 4.69) is 31.9 Å². The summed E-state index contributed by atoms with van der Waals surface area (Å²) in [5.41, 5.74) is 0.831. The Morgan fingerprint density at radius 1 is 1.53 bits per heavy atom. The Hall–Kier alpha value is -1.91. The highest BCUT2D eigenvalue weighted by molar-refractivity contribution is 9.10. The van der Waals surface area contributed by atoms with Gasteiger partial charge in [0.1, 0.15) is 12.1 Å². The van der Waals surface area contributed by atoms with Gasteiger partial charge in [-0.2, -0.15) is 5.26 Å². The van der Waals surface area contributed by atoms with Crippen molar-refractivity contribution in [3.63, 3.8) is 0 Å². The number of nitriles is 1. The van der Waals surface area contributed by atoms with Crippen LogP contribution in [-0.4, -0.2) is 30.9 Å². The number of rotatable bonds is 2. The molecule has 1 unspecified atom stereocenters. The number of halogens is 1. The maximum Gasteiger partial charge on any atom is 0.243 e. The summed E-state index contributed by atoms with van der Waals surface area (Å²) in [4.78, 5) is 23.0. The van der Waals surface area contributed by atoms with Crippen molar-refractivity contribution in [2.24, 2.45) is 0 Å². The topological polar surface area (TPSA) is 94.0 Å². The van der Waals surface area contributed by atoms with Gasteiger partial charge in [0, 0.05) is 11.0 Å². The minimum atomic E-state index is -0.497. The number of carbonyl (C=O) groups is 2. The Kier molecular flexibility index (Phi) is 4.14. The molecule has 1 aliphatic heterocycles. The Morgan fingerprint density at radius 2 is 2.32 bits per heavy atom. The Labute approximate surface area is 118 Å². The van der Waals surface area contributed by atoms with E-state index in [9.17, 15) is 9.59 Å². The lowest BCUT2D eigenvalue weighted by Gasteiger charge is -2.23. The van der Waals surface area contributed by atoms with Crippen LogP contribution < -0.4 is 16.0 Å². The normalized spacial score (nSPS) is 18.3. The second-order valence-corrected chi connectivity index (χ2v) is 4.94. The van der Waals surface area contributed by atoms with Crippen molar-refractivity contribution in [1.29, 1.82) is 5.26 Å². The minimum Gasteiger partial charge on any atom is -0.353 e. The van der Waals surface area contributed by atoms with Gasteiger partial charge in [-0.15, -0.1) is 0 Å². The molecule has 1 heterocycles. The van der Waals surface area contributed by atoms with E-state index in [1.807, 2.05) is 6.07 Å². The van der Waals surface area contributed by atoms with Crippen molar-refractivity contribution in [1.82, 2.24) is 10.6 Å². The Balaban J connectivity index is 2.09. The first-order valence-corrected chi connectivity index (χ1v) is 6.40. The first kappa shape index (κ1) is 13.5. The van der Waals surface area contributed by atoms with Crippen LogP contribution in [0.15, 0.2) is 22.7 Å². The van der Waals surface area contributed by atoms with E-state index >= 15 is 0 Å². The molecule has 0 aliphatic carbocycles. The predicted molar refractivity (Wildman–Crippen MR) is 72.3 cm³/mol. The maximum atomic E-state index is 12.0. The first-order chi connectivity index (χ1) is 9.10. The number of nitrogens with zero attached hydrogens (tertiary/aromatic N) is 1. The summed E-state index contributed by atoms with van der Waals surface area (Å²) >= 11 is 3.29. The van der Waals surface area contributed by atoms with Gasteiger partial charge in [0.2, 0.25) is 11.8 Å². The van der Waals surface area contributed by atoms with Gasteiger partial charge in [-0.1, -0.05) is 15.9 Å². The molecule has 1 aromatic carbocycles. The molecular formula is C12H11BrN4O2. The van der Waals surface area contributed by atoms with Gasteiger partial charge >= 0.3 is 0 Å². The van der Waals surface area contributed by atoms with E-state index < -0.39 is 6.04 Å². The third kappa shape index (κ3) is 3.30. The van der Waals surface area contributed by atoms with Crippen molar-refractivity contribution < 1.29 is 9.59 Å². The molecule has 0 saturated carbocycles. The average Bonchev–Trinajstić information content (AvgIpc) is 2.39. The highest BCUT2D eigenvalue weighted by Gasteiger charge is 2.24. The summed E-state index contributed by atoms with van der Waals surface area (Å²) in [5, 5.41) is 17.1. The second kappa shape index (κ2) is 5.82. The monoisotopic (exact) mass is 322 g/mol. The lowest BCUT2D eigenvalue weighted by Crippen LogP contribution is -2.56. The molecule has 2 rings (SSSR count). The van der Waals surface area contributed by atoms with Crippen LogP contribution in [0.5, 0.6) is 0 Å². The molecule has 0 bridgehead atoms. The van der Waals surface area contributed by atoms with E-state index in [0.29, 0.717) is 11.3 Å². The van der Waals surface area contributed by atoms with E-state index in [1.54, 1.807) is 18.2 Å². The smallest absolute Gasteiger partial charge is 0.243 e. The van der Waals surface area contributed by atoms with Gasteiger partial charge in [0.25, 0.3) is 0 Å². The zero-order valence-electron chi connectivity index (χ0n) is 9.87. The Bertz CT molecular complexity index is 557. The summed E-state index contributed by atoms with van der Waals surface area (Å²) in [6.07, 6.45) is 0.